The molecule has 0 aliphatic rings. The first-order chi connectivity index (χ1) is 12.6. The fourth-order valence-corrected chi connectivity index (χ4v) is 2.95. The number of para-hydroxylation sites is 1. The number of ether oxygens (including phenoxy) is 1. The third-order valence-corrected chi connectivity index (χ3v) is 4.50. The predicted molar refractivity (Wildman–Crippen MR) is 126 cm³/mol. The number of nitrogens with zero attached hydrogens (tertiary/aromatic N) is 3. The molecule has 0 unspecified atom stereocenters. The molecule has 1 heterocycles. The van der Waals surface area contributed by atoms with E-state index >= 15 is 0 Å². The number of aliphatic imine (C=N–C) groups is 1. The molecule has 0 fully saturated rings. The smallest absolute Gasteiger partial charge is 0.191 e. The topological polar surface area (TPSA) is 61.8 Å². The normalized spacial score (nSPS) is 10.7. The van der Waals surface area contributed by atoms with Gasteiger partial charge in [0.05, 0.1) is 18.8 Å². The monoisotopic (exact) mass is 501 g/mol. The largest absolute Gasteiger partial charge is 0.489 e. The molecule has 0 bridgehead atoms. The number of hydrogen-bond donors (Lipinski definition) is 2. The van der Waals surface area contributed by atoms with Crippen molar-refractivity contribution in [3.8, 4) is 5.75 Å². The molecular weight excluding hydrogens is 473 g/mol. The van der Waals surface area contributed by atoms with Gasteiger partial charge < -0.3 is 20.3 Å². The van der Waals surface area contributed by atoms with Crippen LogP contribution in [0.5, 0.6) is 5.75 Å². The maximum Gasteiger partial charge on any atom is 0.191 e. The third-order valence-electron chi connectivity index (χ3n) is 3.44. The zero-order valence-corrected chi connectivity index (χ0v) is 19.2. The van der Waals surface area contributed by atoms with Crippen LogP contribution in [0.25, 0.3) is 0 Å². The van der Waals surface area contributed by atoms with Gasteiger partial charge in [-0.3, -0.25) is 0 Å². The van der Waals surface area contributed by atoms with E-state index in [1.165, 1.54) is 0 Å². The van der Waals surface area contributed by atoms with Crippen LogP contribution in [0.2, 0.25) is 0 Å². The van der Waals surface area contributed by atoms with Gasteiger partial charge in [0.1, 0.15) is 12.4 Å². The summed E-state index contributed by atoms with van der Waals surface area (Å²) in [5, 5.41) is 9.65. The SMILES string of the molecule is C=CCOc1ccccc1CN=C(NCC)NCc1csc(N(C)C)n1.I. The number of anilines is 1. The van der Waals surface area contributed by atoms with Crippen molar-refractivity contribution in [3.05, 3.63) is 53.6 Å². The van der Waals surface area contributed by atoms with Crippen molar-refractivity contribution in [2.75, 3.05) is 32.1 Å². The van der Waals surface area contributed by atoms with E-state index in [1.807, 2.05) is 50.2 Å². The zero-order chi connectivity index (χ0) is 18.8. The summed E-state index contributed by atoms with van der Waals surface area (Å²) in [6, 6.07) is 7.92. The molecule has 1 aromatic heterocycles. The standard InChI is InChI=1S/C19H27N5OS.HI/c1-5-11-25-17-10-8-7-9-15(17)12-21-18(20-6-2)22-13-16-14-26-19(23-16)24(3)4;/h5,7-10,14H,1,6,11-13H2,2-4H3,(H2,20,21,22);1H. The molecule has 27 heavy (non-hydrogen) atoms. The summed E-state index contributed by atoms with van der Waals surface area (Å²) >= 11 is 1.63. The number of aromatic nitrogens is 1. The minimum Gasteiger partial charge on any atom is -0.489 e. The molecule has 0 saturated carbocycles. The highest BCUT2D eigenvalue weighted by Crippen LogP contribution is 2.19. The second-order valence-corrected chi connectivity index (χ2v) is 6.61. The molecule has 0 aliphatic heterocycles. The van der Waals surface area contributed by atoms with Gasteiger partial charge in [-0.05, 0) is 13.0 Å². The van der Waals surface area contributed by atoms with Gasteiger partial charge in [-0.15, -0.1) is 35.3 Å². The number of halogens is 1. The fraction of sp³-hybridized carbons (Fsp3) is 0.368. The second kappa shape index (κ2) is 12.6. The first-order valence-corrected chi connectivity index (χ1v) is 9.47. The van der Waals surface area contributed by atoms with Crippen LogP contribution in [0.4, 0.5) is 5.13 Å². The number of thiazole rings is 1. The average molecular weight is 501 g/mol. The highest BCUT2D eigenvalue weighted by Gasteiger charge is 2.06. The fourth-order valence-electron chi connectivity index (χ4n) is 2.19. The van der Waals surface area contributed by atoms with Crippen molar-refractivity contribution >= 4 is 46.4 Å². The number of nitrogens with one attached hydrogen (secondary N) is 2. The van der Waals surface area contributed by atoms with Gasteiger partial charge in [0.15, 0.2) is 11.1 Å². The van der Waals surface area contributed by atoms with Gasteiger partial charge in [0.2, 0.25) is 0 Å². The zero-order valence-electron chi connectivity index (χ0n) is 16.1. The van der Waals surface area contributed by atoms with Crippen LogP contribution >= 0.6 is 35.3 Å². The first-order valence-electron chi connectivity index (χ1n) is 8.59. The van der Waals surface area contributed by atoms with Gasteiger partial charge in [-0.2, -0.15) is 0 Å². The molecule has 6 nitrogen and oxygen atoms in total. The summed E-state index contributed by atoms with van der Waals surface area (Å²) < 4.78 is 5.69. The van der Waals surface area contributed by atoms with Gasteiger partial charge in [0, 0.05) is 31.6 Å². The summed E-state index contributed by atoms with van der Waals surface area (Å²) in [6.45, 7) is 8.17. The van der Waals surface area contributed by atoms with Crippen LogP contribution < -0.4 is 20.3 Å². The molecule has 0 saturated heterocycles. The lowest BCUT2D eigenvalue weighted by Crippen LogP contribution is -2.36. The van der Waals surface area contributed by atoms with Crippen molar-refractivity contribution in [2.45, 2.75) is 20.0 Å². The van der Waals surface area contributed by atoms with Crippen molar-refractivity contribution < 1.29 is 4.74 Å². The van der Waals surface area contributed by atoms with Crippen molar-refractivity contribution in [3.63, 3.8) is 0 Å². The number of hydrogen-bond acceptors (Lipinski definition) is 5. The Kier molecular flexibility index (Phi) is 10.8. The minimum absolute atomic E-state index is 0. The van der Waals surface area contributed by atoms with E-state index < -0.39 is 0 Å². The molecular formula is C19H28IN5OS. The number of guanidine groups is 1. The lowest BCUT2D eigenvalue weighted by Gasteiger charge is -2.12. The van der Waals surface area contributed by atoms with E-state index in [0.717, 1.165) is 34.6 Å². The minimum atomic E-state index is 0. The van der Waals surface area contributed by atoms with E-state index in [4.69, 9.17) is 4.74 Å². The summed E-state index contributed by atoms with van der Waals surface area (Å²) in [4.78, 5) is 11.2. The molecule has 148 valence electrons. The van der Waals surface area contributed by atoms with Crippen LogP contribution in [0, 0.1) is 0 Å². The Balaban J connectivity index is 0.00000364. The maximum atomic E-state index is 5.69. The van der Waals surface area contributed by atoms with E-state index in [0.29, 0.717) is 19.7 Å². The number of benzene rings is 1. The third kappa shape index (κ3) is 7.76. The quantitative estimate of drug-likeness (QED) is 0.238. The summed E-state index contributed by atoms with van der Waals surface area (Å²) in [6.07, 6.45) is 1.74. The van der Waals surface area contributed by atoms with Crippen molar-refractivity contribution in [2.24, 2.45) is 4.99 Å². The molecule has 2 N–H and O–H groups in total. The highest BCUT2D eigenvalue weighted by molar-refractivity contribution is 14.0. The van der Waals surface area contributed by atoms with E-state index in [-0.39, 0.29) is 24.0 Å². The summed E-state index contributed by atoms with van der Waals surface area (Å²) in [7, 11) is 3.99. The molecule has 0 spiro atoms. The maximum absolute atomic E-state index is 5.69. The van der Waals surface area contributed by atoms with Gasteiger partial charge in [-0.1, -0.05) is 30.9 Å². The Morgan fingerprint density at radius 1 is 1.33 bits per heavy atom. The van der Waals surface area contributed by atoms with Gasteiger partial charge in [0.25, 0.3) is 0 Å². The second-order valence-electron chi connectivity index (χ2n) is 5.77. The Morgan fingerprint density at radius 3 is 2.78 bits per heavy atom. The van der Waals surface area contributed by atoms with Crippen molar-refractivity contribution in [1.82, 2.24) is 15.6 Å². The predicted octanol–water partition coefficient (Wildman–Crippen LogP) is 3.65. The molecule has 0 radical (unpaired) electrons. The van der Waals surface area contributed by atoms with Gasteiger partial charge in [-0.25, -0.2) is 9.98 Å². The van der Waals surface area contributed by atoms with Crippen LogP contribution in [0.1, 0.15) is 18.2 Å². The lowest BCUT2D eigenvalue weighted by molar-refractivity contribution is 0.359. The van der Waals surface area contributed by atoms with Crippen LogP contribution in [0.15, 0.2) is 47.3 Å². The first kappa shape index (κ1) is 23.2. The van der Waals surface area contributed by atoms with E-state index in [2.05, 4.69) is 32.6 Å². The lowest BCUT2D eigenvalue weighted by atomic mass is 10.2. The van der Waals surface area contributed by atoms with Crippen LogP contribution in [-0.4, -0.2) is 38.2 Å². The average Bonchev–Trinajstić information content (AvgIpc) is 3.12. The Labute approximate surface area is 182 Å². The summed E-state index contributed by atoms with van der Waals surface area (Å²) in [5.41, 5.74) is 2.04. The Hall–Kier alpha value is -1.81. The highest BCUT2D eigenvalue weighted by atomic mass is 127. The summed E-state index contributed by atoms with van der Waals surface area (Å²) in [5.74, 6) is 1.59. The Morgan fingerprint density at radius 2 is 2.11 bits per heavy atom. The molecule has 0 amide bonds. The van der Waals surface area contributed by atoms with Crippen LogP contribution in [0.3, 0.4) is 0 Å². The van der Waals surface area contributed by atoms with E-state index in [9.17, 15) is 0 Å². The molecule has 2 aromatic rings. The molecule has 1 aromatic carbocycles. The molecule has 2 rings (SSSR count). The molecule has 0 aliphatic carbocycles. The van der Waals surface area contributed by atoms with Crippen LogP contribution in [-0.2, 0) is 13.1 Å². The molecule has 0 atom stereocenters. The van der Waals surface area contributed by atoms with Crippen molar-refractivity contribution in [1.29, 1.82) is 0 Å². The molecule has 8 heteroatoms. The Bertz CT molecular complexity index is 732. The number of rotatable bonds is 9. The van der Waals surface area contributed by atoms with Gasteiger partial charge >= 0.3 is 0 Å². The van der Waals surface area contributed by atoms with E-state index in [1.54, 1.807) is 17.4 Å².